The first-order valence-electron chi connectivity index (χ1n) is 7.54. The summed E-state index contributed by atoms with van der Waals surface area (Å²) in [6, 6.07) is 16.9. The summed E-state index contributed by atoms with van der Waals surface area (Å²) in [6.07, 6.45) is 2.59. The van der Waals surface area contributed by atoms with Crippen molar-refractivity contribution in [3.8, 4) is 0 Å². The maximum atomic E-state index is 12.5. The normalized spacial score (nSPS) is 16.6. The second kappa shape index (κ2) is 5.72. The highest BCUT2D eigenvalue weighted by molar-refractivity contribution is 5.79. The number of aryl methyl sites for hydroxylation is 2. The lowest BCUT2D eigenvalue weighted by Crippen LogP contribution is -2.31. The van der Waals surface area contributed by atoms with Gasteiger partial charge in [0.15, 0.2) is 0 Å². The van der Waals surface area contributed by atoms with Gasteiger partial charge in [0.1, 0.15) is 0 Å². The van der Waals surface area contributed by atoms with Gasteiger partial charge in [-0.25, -0.2) is 0 Å². The minimum Gasteiger partial charge on any atom is -0.338 e. The maximum absolute atomic E-state index is 12.5. The van der Waals surface area contributed by atoms with Crippen LogP contribution in [-0.2, 0) is 17.6 Å². The molecular formula is C19H21NO. The van der Waals surface area contributed by atoms with Crippen molar-refractivity contribution in [1.82, 2.24) is 4.90 Å². The van der Waals surface area contributed by atoms with E-state index in [1.54, 1.807) is 0 Å². The zero-order valence-corrected chi connectivity index (χ0v) is 12.7. The third-order valence-electron chi connectivity index (χ3n) is 4.44. The van der Waals surface area contributed by atoms with E-state index < -0.39 is 0 Å². The van der Waals surface area contributed by atoms with Gasteiger partial charge in [-0.05, 0) is 36.5 Å². The van der Waals surface area contributed by atoms with Gasteiger partial charge in [0.2, 0.25) is 5.91 Å². The zero-order chi connectivity index (χ0) is 14.8. The number of fused-ring (bicyclic) bond motifs is 1. The Labute approximate surface area is 126 Å². The zero-order valence-electron chi connectivity index (χ0n) is 12.7. The summed E-state index contributed by atoms with van der Waals surface area (Å²) in [7, 11) is 1.93. The molecule has 1 aliphatic rings. The van der Waals surface area contributed by atoms with Gasteiger partial charge in [0, 0.05) is 7.05 Å². The Balaban J connectivity index is 1.72. The molecule has 0 aromatic heterocycles. The summed E-state index contributed by atoms with van der Waals surface area (Å²) in [5, 5.41) is 0. The largest absolute Gasteiger partial charge is 0.338 e. The molecule has 3 rings (SSSR count). The van der Waals surface area contributed by atoms with E-state index in [4.69, 9.17) is 0 Å². The van der Waals surface area contributed by atoms with Gasteiger partial charge >= 0.3 is 0 Å². The third kappa shape index (κ3) is 2.85. The Morgan fingerprint density at radius 2 is 1.86 bits per heavy atom. The number of carbonyl (C=O) groups excluding carboxylic acids is 1. The monoisotopic (exact) mass is 279 g/mol. The predicted molar refractivity (Wildman–Crippen MR) is 85.2 cm³/mol. The van der Waals surface area contributed by atoms with Crippen LogP contribution in [0, 0.1) is 6.92 Å². The molecule has 2 aromatic rings. The number of nitrogens with zero attached hydrogens (tertiary/aromatic N) is 1. The molecule has 0 heterocycles. The molecule has 0 bridgehead atoms. The highest BCUT2D eigenvalue weighted by Crippen LogP contribution is 2.34. The number of rotatable bonds is 3. The Morgan fingerprint density at radius 1 is 1.14 bits per heavy atom. The van der Waals surface area contributed by atoms with Gasteiger partial charge in [-0.1, -0.05) is 54.1 Å². The second-order valence-electron chi connectivity index (χ2n) is 5.92. The Morgan fingerprint density at radius 3 is 2.62 bits per heavy atom. The van der Waals surface area contributed by atoms with Crippen LogP contribution in [0.5, 0.6) is 0 Å². The average Bonchev–Trinajstić information content (AvgIpc) is 2.92. The molecule has 2 aromatic carbocycles. The van der Waals surface area contributed by atoms with Crippen LogP contribution in [0.3, 0.4) is 0 Å². The average molecular weight is 279 g/mol. The van der Waals surface area contributed by atoms with Crippen molar-refractivity contribution in [3.63, 3.8) is 0 Å². The fourth-order valence-corrected chi connectivity index (χ4v) is 3.12. The molecule has 1 unspecified atom stereocenters. The van der Waals surface area contributed by atoms with Gasteiger partial charge < -0.3 is 4.90 Å². The van der Waals surface area contributed by atoms with E-state index in [2.05, 4.69) is 43.3 Å². The number of hydrogen-bond donors (Lipinski definition) is 0. The Hall–Kier alpha value is -2.09. The quantitative estimate of drug-likeness (QED) is 0.839. The maximum Gasteiger partial charge on any atom is 0.227 e. The topological polar surface area (TPSA) is 20.3 Å². The lowest BCUT2D eigenvalue weighted by Gasteiger charge is -2.25. The van der Waals surface area contributed by atoms with E-state index >= 15 is 0 Å². The summed E-state index contributed by atoms with van der Waals surface area (Å²) in [4.78, 5) is 14.4. The summed E-state index contributed by atoms with van der Waals surface area (Å²) in [6.45, 7) is 2.06. The third-order valence-corrected chi connectivity index (χ3v) is 4.44. The van der Waals surface area contributed by atoms with Crippen molar-refractivity contribution in [2.45, 2.75) is 32.2 Å². The van der Waals surface area contributed by atoms with Crippen LogP contribution in [-0.4, -0.2) is 17.9 Å². The highest BCUT2D eigenvalue weighted by Gasteiger charge is 2.28. The van der Waals surface area contributed by atoms with E-state index in [0.29, 0.717) is 6.42 Å². The number of hydrogen-bond acceptors (Lipinski definition) is 1. The summed E-state index contributed by atoms with van der Waals surface area (Å²) >= 11 is 0. The van der Waals surface area contributed by atoms with Crippen LogP contribution in [0.4, 0.5) is 0 Å². The van der Waals surface area contributed by atoms with Crippen molar-refractivity contribution in [2.75, 3.05) is 7.05 Å². The lowest BCUT2D eigenvalue weighted by atomic mass is 10.1. The Kier molecular flexibility index (Phi) is 3.78. The minimum absolute atomic E-state index is 0.195. The first-order chi connectivity index (χ1) is 10.1. The van der Waals surface area contributed by atoms with E-state index in [0.717, 1.165) is 18.4 Å². The van der Waals surface area contributed by atoms with Crippen molar-refractivity contribution < 1.29 is 4.79 Å². The van der Waals surface area contributed by atoms with Gasteiger partial charge in [-0.2, -0.15) is 0 Å². The van der Waals surface area contributed by atoms with Gasteiger partial charge in [0.05, 0.1) is 12.5 Å². The van der Waals surface area contributed by atoms with Crippen molar-refractivity contribution in [2.24, 2.45) is 0 Å². The van der Waals surface area contributed by atoms with Crippen LogP contribution >= 0.6 is 0 Å². The molecule has 0 N–H and O–H groups in total. The van der Waals surface area contributed by atoms with Crippen molar-refractivity contribution in [3.05, 3.63) is 70.8 Å². The molecule has 2 heteroatoms. The van der Waals surface area contributed by atoms with Crippen molar-refractivity contribution in [1.29, 1.82) is 0 Å². The van der Waals surface area contributed by atoms with E-state index in [1.807, 2.05) is 24.1 Å². The second-order valence-corrected chi connectivity index (χ2v) is 5.92. The molecule has 1 atom stereocenters. The molecule has 0 fully saturated rings. The summed E-state index contributed by atoms with van der Waals surface area (Å²) in [5.41, 5.74) is 5.02. The van der Waals surface area contributed by atoms with Crippen LogP contribution in [0.2, 0.25) is 0 Å². The minimum atomic E-state index is 0.195. The van der Waals surface area contributed by atoms with Crippen LogP contribution in [0.1, 0.15) is 34.7 Å². The fourth-order valence-electron chi connectivity index (χ4n) is 3.12. The first-order valence-corrected chi connectivity index (χ1v) is 7.54. The molecule has 0 saturated heterocycles. The summed E-state index contributed by atoms with van der Waals surface area (Å²) in [5.74, 6) is 0.195. The smallest absolute Gasteiger partial charge is 0.227 e. The van der Waals surface area contributed by atoms with Crippen LogP contribution in [0.25, 0.3) is 0 Å². The Bertz CT molecular complexity index is 645. The standard InChI is InChI=1S/C19H21NO/c1-14-7-9-15(10-8-14)13-19(21)20(2)18-12-11-16-5-3-4-6-17(16)18/h3-10,18H,11-13H2,1-2H3. The molecule has 0 radical (unpaired) electrons. The van der Waals surface area contributed by atoms with E-state index in [9.17, 15) is 4.79 Å². The highest BCUT2D eigenvalue weighted by atomic mass is 16.2. The fraction of sp³-hybridized carbons (Fsp3) is 0.316. The molecule has 2 nitrogen and oxygen atoms in total. The SMILES string of the molecule is Cc1ccc(CC(=O)N(C)C2CCc3ccccc32)cc1. The van der Waals surface area contributed by atoms with Gasteiger partial charge in [-0.15, -0.1) is 0 Å². The van der Waals surface area contributed by atoms with Crippen LogP contribution < -0.4 is 0 Å². The summed E-state index contributed by atoms with van der Waals surface area (Å²) < 4.78 is 0. The molecule has 0 aliphatic heterocycles. The number of amides is 1. The number of benzene rings is 2. The lowest BCUT2D eigenvalue weighted by molar-refractivity contribution is -0.131. The molecular weight excluding hydrogens is 258 g/mol. The number of likely N-dealkylation sites (N-methyl/N-ethyl adjacent to an activating group) is 1. The van der Waals surface area contributed by atoms with E-state index in [-0.39, 0.29) is 11.9 Å². The predicted octanol–water partition coefficient (Wildman–Crippen LogP) is 3.68. The molecule has 108 valence electrons. The molecule has 21 heavy (non-hydrogen) atoms. The molecule has 1 amide bonds. The number of carbonyl (C=O) groups is 1. The molecule has 0 saturated carbocycles. The molecule has 1 aliphatic carbocycles. The molecule has 0 spiro atoms. The van der Waals surface area contributed by atoms with E-state index in [1.165, 1.54) is 16.7 Å². The van der Waals surface area contributed by atoms with Gasteiger partial charge in [0.25, 0.3) is 0 Å². The first kappa shape index (κ1) is 13.9. The van der Waals surface area contributed by atoms with Crippen molar-refractivity contribution >= 4 is 5.91 Å². The van der Waals surface area contributed by atoms with Gasteiger partial charge in [-0.3, -0.25) is 4.79 Å². The van der Waals surface area contributed by atoms with Crippen LogP contribution in [0.15, 0.2) is 48.5 Å².